The Morgan fingerprint density at radius 1 is 1.05 bits per heavy atom. The lowest BCUT2D eigenvalue weighted by Gasteiger charge is -2.19. The number of carbonyl (C=O) groups is 2. The molecule has 0 aliphatic heterocycles. The van der Waals surface area contributed by atoms with E-state index < -0.39 is 11.7 Å². The predicted octanol–water partition coefficient (Wildman–Crippen LogP) is 2.94. The zero-order chi connectivity index (χ0) is 16.1. The zero-order valence-electron chi connectivity index (χ0n) is 13.8. The van der Waals surface area contributed by atoms with Gasteiger partial charge in [-0.25, -0.2) is 4.79 Å². The molecule has 0 atom stereocenters. The molecule has 0 aromatic carbocycles. The first-order valence-corrected chi connectivity index (χ1v) is 8.82. The number of rotatable bonds is 10. The fraction of sp³-hybridized carbons (Fsp3) is 0.867. The lowest BCUT2D eigenvalue weighted by atomic mass is 10.2. The van der Waals surface area contributed by atoms with E-state index in [-0.39, 0.29) is 5.91 Å². The van der Waals surface area contributed by atoms with Crippen molar-refractivity contribution in [2.45, 2.75) is 59.0 Å². The molecule has 0 saturated heterocycles. The van der Waals surface area contributed by atoms with E-state index in [1.165, 1.54) is 31.0 Å². The van der Waals surface area contributed by atoms with Crippen molar-refractivity contribution in [1.29, 1.82) is 0 Å². The second kappa shape index (κ2) is 11.7. The molecule has 2 amide bonds. The third-order valence-corrected chi connectivity index (χ3v) is 3.46. The Morgan fingerprint density at radius 3 is 2.38 bits per heavy atom. The number of thioether (sulfide) groups is 1. The number of alkyl carbamates (subject to hydrolysis) is 1. The normalized spacial score (nSPS) is 11.0. The van der Waals surface area contributed by atoms with Gasteiger partial charge in [0.05, 0.1) is 5.75 Å². The van der Waals surface area contributed by atoms with E-state index in [4.69, 9.17) is 4.74 Å². The number of hydrogen-bond acceptors (Lipinski definition) is 4. The van der Waals surface area contributed by atoms with E-state index >= 15 is 0 Å². The number of nitrogens with one attached hydrogen (secondary N) is 2. The minimum absolute atomic E-state index is 0.0637. The molecular weight excluding hydrogens is 288 g/mol. The first-order valence-electron chi connectivity index (χ1n) is 7.66. The Bertz CT molecular complexity index is 304. The fourth-order valence-corrected chi connectivity index (χ4v) is 2.21. The lowest BCUT2D eigenvalue weighted by molar-refractivity contribution is -0.118. The van der Waals surface area contributed by atoms with Gasteiger partial charge < -0.3 is 15.4 Å². The van der Waals surface area contributed by atoms with E-state index in [2.05, 4.69) is 17.6 Å². The summed E-state index contributed by atoms with van der Waals surface area (Å²) < 4.78 is 5.11. The summed E-state index contributed by atoms with van der Waals surface area (Å²) in [5, 5.41) is 5.57. The number of amides is 2. The molecule has 0 saturated carbocycles. The standard InChI is InChI=1S/C15H30N2O3S/c1-5-6-7-8-9-16-13(18)12-21-11-10-17-14(19)20-15(2,3)4/h5-12H2,1-4H3,(H,16,18)(H,17,19). The maximum atomic E-state index is 11.5. The Hall–Kier alpha value is -0.910. The van der Waals surface area contributed by atoms with Gasteiger partial charge >= 0.3 is 6.09 Å². The summed E-state index contributed by atoms with van der Waals surface area (Å²) >= 11 is 1.51. The summed E-state index contributed by atoms with van der Waals surface area (Å²) in [5.41, 5.74) is -0.477. The van der Waals surface area contributed by atoms with Crippen molar-refractivity contribution in [2.75, 3.05) is 24.6 Å². The van der Waals surface area contributed by atoms with Gasteiger partial charge in [0.25, 0.3) is 0 Å². The molecular formula is C15H30N2O3S. The molecule has 0 rings (SSSR count). The lowest BCUT2D eigenvalue weighted by Crippen LogP contribution is -2.34. The number of unbranched alkanes of at least 4 members (excludes halogenated alkanes) is 3. The molecule has 21 heavy (non-hydrogen) atoms. The third kappa shape index (κ3) is 15.3. The molecule has 0 unspecified atom stereocenters. The molecule has 0 aliphatic rings. The van der Waals surface area contributed by atoms with Crippen LogP contribution in [-0.4, -0.2) is 42.2 Å². The Morgan fingerprint density at radius 2 is 1.76 bits per heavy atom. The maximum Gasteiger partial charge on any atom is 0.407 e. The van der Waals surface area contributed by atoms with Crippen LogP contribution in [0.25, 0.3) is 0 Å². The van der Waals surface area contributed by atoms with Crippen LogP contribution in [0.1, 0.15) is 53.4 Å². The van der Waals surface area contributed by atoms with Crippen LogP contribution in [0.5, 0.6) is 0 Å². The Labute approximate surface area is 133 Å². The summed E-state index contributed by atoms with van der Waals surface area (Å²) in [7, 11) is 0. The van der Waals surface area contributed by atoms with Crippen molar-refractivity contribution in [3.63, 3.8) is 0 Å². The largest absolute Gasteiger partial charge is 0.444 e. The van der Waals surface area contributed by atoms with Crippen molar-refractivity contribution in [2.24, 2.45) is 0 Å². The van der Waals surface area contributed by atoms with Crippen molar-refractivity contribution in [3.8, 4) is 0 Å². The highest BCUT2D eigenvalue weighted by atomic mass is 32.2. The van der Waals surface area contributed by atoms with E-state index in [1.54, 1.807) is 0 Å². The van der Waals surface area contributed by atoms with Crippen molar-refractivity contribution < 1.29 is 14.3 Å². The number of hydrogen-bond donors (Lipinski definition) is 2. The average Bonchev–Trinajstić information content (AvgIpc) is 2.36. The monoisotopic (exact) mass is 318 g/mol. The van der Waals surface area contributed by atoms with Gasteiger partial charge in [-0.05, 0) is 27.2 Å². The summed E-state index contributed by atoms with van der Waals surface area (Å²) in [5.74, 6) is 1.19. The molecule has 6 heteroatoms. The van der Waals surface area contributed by atoms with Crippen LogP contribution in [-0.2, 0) is 9.53 Å². The topological polar surface area (TPSA) is 67.4 Å². The van der Waals surface area contributed by atoms with Crippen LogP contribution in [0.4, 0.5) is 4.79 Å². The van der Waals surface area contributed by atoms with Gasteiger partial charge in [0.2, 0.25) is 5.91 Å². The predicted molar refractivity (Wildman–Crippen MR) is 88.7 cm³/mol. The third-order valence-electron chi connectivity index (χ3n) is 2.50. The molecule has 0 aliphatic carbocycles. The second-order valence-electron chi connectivity index (χ2n) is 5.89. The zero-order valence-corrected chi connectivity index (χ0v) is 14.6. The quantitative estimate of drug-likeness (QED) is 0.608. The van der Waals surface area contributed by atoms with Crippen molar-refractivity contribution in [3.05, 3.63) is 0 Å². The summed E-state index contributed by atoms with van der Waals surface area (Å²) in [4.78, 5) is 22.9. The van der Waals surface area contributed by atoms with Gasteiger partial charge in [-0.1, -0.05) is 26.2 Å². The molecule has 0 aromatic rings. The highest BCUT2D eigenvalue weighted by Crippen LogP contribution is 2.06. The van der Waals surface area contributed by atoms with E-state index in [1.807, 2.05) is 20.8 Å². The SMILES string of the molecule is CCCCCCNC(=O)CSCCNC(=O)OC(C)(C)C. The average molecular weight is 318 g/mol. The van der Waals surface area contributed by atoms with Crippen molar-refractivity contribution >= 4 is 23.8 Å². The molecule has 124 valence electrons. The fourth-order valence-electron chi connectivity index (χ4n) is 1.53. The van der Waals surface area contributed by atoms with E-state index in [9.17, 15) is 9.59 Å². The van der Waals surface area contributed by atoms with Gasteiger partial charge in [-0.3, -0.25) is 4.79 Å². The maximum absolute atomic E-state index is 11.5. The molecule has 0 spiro atoms. The molecule has 0 aromatic heterocycles. The highest BCUT2D eigenvalue weighted by molar-refractivity contribution is 7.99. The summed E-state index contributed by atoms with van der Waals surface area (Å²) in [6.07, 6.45) is 4.23. The van der Waals surface area contributed by atoms with Crippen LogP contribution in [0.3, 0.4) is 0 Å². The van der Waals surface area contributed by atoms with Crippen LogP contribution in [0, 0.1) is 0 Å². The molecule has 0 bridgehead atoms. The molecule has 0 radical (unpaired) electrons. The minimum Gasteiger partial charge on any atom is -0.444 e. The first-order chi connectivity index (χ1) is 9.85. The van der Waals surface area contributed by atoms with E-state index in [0.717, 1.165) is 13.0 Å². The number of ether oxygens (including phenoxy) is 1. The highest BCUT2D eigenvalue weighted by Gasteiger charge is 2.15. The summed E-state index contributed by atoms with van der Waals surface area (Å²) in [6.45, 7) is 8.91. The molecule has 0 heterocycles. The second-order valence-corrected chi connectivity index (χ2v) is 7.00. The van der Waals surface area contributed by atoms with Crippen molar-refractivity contribution in [1.82, 2.24) is 10.6 Å². The van der Waals surface area contributed by atoms with Crippen LogP contribution < -0.4 is 10.6 Å². The van der Waals surface area contributed by atoms with E-state index in [0.29, 0.717) is 18.1 Å². The minimum atomic E-state index is -0.477. The summed E-state index contributed by atoms with van der Waals surface area (Å²) in [6, 6.07) is 0. The van der Waals surface area contributed by atoms with Gasteiger partial charge in [0.15, 0.2) is 0 Å². The number of carbonyl (C=O) groups excluding carboxylic acids is 2. The molecule has 2 N–H and O–H groups in total. The molecule has 5 nitrogen and oxygen atoms in total. The van der Waals surface area contributed by atoms with Crippen LogP contribution in [0.2, 0.25) is 0 Å². The Kier molecular flexibility index (Phi) is 11.2. The van der Waals surface area contributed by atoms with Crippen LogP contribution in [0.15, 0.2) is 0 Å². The van der Waals surface area contributed by atoms with Gasteiger partial charge in [0.1, 0.15) is 5.60 Å². The van der Waals surface area contributed by atoms with Gasteiger partial charge in [-0.2, -0.15) is 11.8 Å². The Balaban J connectivity index is 3.42. The smallest absolute Gasteiger partial charge is 0.407 e. The van der Waals surface area contributed by atoms with Gasteiger partial charge in [0, 0.05) is 18.8 Å². The van der Waals surface area contributed by atoms with Crippen LogP contribution >= 0.6 is 11.8 Å². The van der Waals surface area contributed by atoms with Gasteiger partial charge in [-0.15, -0.1) is 0 Å². The molecule has 0 fully saturated rings. The first kappa shape index (κ1) is 20.1.